The molecule has 0 spiro atoms. The average Bonchev–Trinajstić information content (AvgIpc) is 3.26. The third-order valence-electron chi connectivity index (χ3n) is 4.08. The number of benzene rings is 2. The number of alkyl halides is 2. The minimum Gasteiger partial charge on any atom is -0.493 e. The van der Waals surface area contributed by atoms with Gasteiger partial charge in [0, 0.05) is 6.08 Å². The summed E-state index contributed by atoms with van der Waals surface area (Å²) in [6, 6.07) is 16.9. The summed E-state index contributed by atoms with van der Waals surface area (Å²) >= 11 is 0. The van der Waals surface area contributed by atoms with Gasteiger partial charge in [-0.05, 0) is 41.5 Å². The van der Waals surface area contributed by atoms with Crippen LogP contribution in [0.15, 0.2) is 77.4 Å². The summed E-state index contributed by atoms with van der Waals surface area (Å²) in [6.07, 6.45) is 4.44. The largest absolute Gasteiger partial charge is 0.493 e. The van der Waals surface area contributed by atoms with E-state index in [0.717, 1.165) is 5.56 Å². The molecule has 1 N–H and O–H groups in total. The van der Waals surface area contributed by atoms with Crippen LogP contribution in [0.2, 0.25) is 0 Å². The number of carbonyl (C=O) groups excluding carboxylic acids is 1. The van der Waals surface area contributed by atoms with Crippen molar-refractivity contribution in [1.29, 1.82) is 0 Å². The lowest BCUT2D eigenvalue weighted by atomic mass is 10.0. The molecule has 1 amide bonds. The van der Waals surface area contributed by atoms with Crippen LogP contribution in [-0.2, 0) is 4.79 Å². The van der Waals surface area contributed by atoms with Crippen molar-refractivity contribution in [3.8, 4) is 11.5 Å². The highest BCUT2D eigenvalue weighted by molar-refractivity contribution is 5.92. The molecule has 29 heavy (non-hydrogen) atoms. The number of carbonyl (C=O) groups is 1. The molecular formula is C22H19F2NO4. The first-order valence-electron chi connectivity index (χ1n) is 8.76. The number of methoxy groups -OCH3 is 1. The van der Waals surface area contributed by atoms with Crippen molar-refractivity contribution in [3.63, 3.8) is 0 Å². The van der Waals surface area contributed by atoms with Gasteiger partial charge in [-0.25, -0.2) is 0 Å². The Labute approximate surface area is 166 Å². The monoisotopic (exact) mass is 399 g/mol. The summed E-state index contributed by atoms with van der Waals surface area (Å²) in [5.41, 5.74) is 1.47. The lowest BCUT2D eigenvalue weighted by molar-refractivity contribution is -0.117. The Morgan fingerprint density at radius 1 is 1.07 bits per heavy atom. The van der Waals surface area contributed by atoms with Gasteiger partial charge in [0.05, 0.1) is 13.4 Å². The highest BCUT2D eigenvalue weighted by Gasteiger charge is 2.18. The smallest absolute Gasteiger partial charge is 0.387 e. The Hall–Kier alpha value is -3.61. The van der Waals surface area contributed by atoms with E-state index in [1.165, 1.54) is 25.3 Å². The topological polar surface area (TPSA) is 60.7 Å². The van der Waals surface area contributed by atoms with Crippen LogP contribution in [0.4, 0.5) is 8.78 Å². The van der Waals surface area contributed by atoms with Crippen molar-refractivity contribution in [1.82, 2.24) is 5.32 Å². The Morgan fingerprint density at radius 3 is 2.52 bits per heavy atom. The molecule has 3 aromatic rings. The molecule has 3 rings (SSSR count). The van der Waals surface area contributed by atoms with Gasteiger partial charge in [0.15, 0.2) is 11.5 Å². The van der Waals surface area contributed by atoms with Gasteiger partial charge in [-0.1, -0.05) is 36.4 Å². The molecule has 2 aromatic carbocycles. The molecule has 0 aliphatic carbocycles. The molecular weight excluding hydrogens is 380 g/mol. The fraction of sp³-hybridized carbons (Fsp3) is 0.136. The predicted octanol–water partition coefficient (Wildman–Crippen LogP) is 4.81. The van der Waals surface area contributed by atoms with E-state index in [0.29, 0.717) is 11.3 Å². The molecule has 1 heterocycles. The zero-order valence-electron chi connectivity index (χ0n) is 15.5. The van der Waals surface area contributed by atoms with Crippen LogP contribution in [0.5, 0.6) is 11.5 Å². The fourth-order valence-electron chi connectivity index (χ4n) is 2.76. The number of rotatable bonds is 8. The van der Waals surface area contributed by atoms with Crippen LogP contribution >= 0.6 is 0 Å². The minimum atomic E-state index is -2.95. The van der Waals surface area contributed by atoms with E-state index in [9.17, 15) is 13.6 Å². The SMILES string of the molecule is COc1cc(/C=C/C(=O)N[C@H](c2ccccc2)c2ccco2)ccc1OC(F)F. The van der Waals surface area contributed by atoms with E-state index >= 15 is 0 Å². The van der Waals surface area contributed by atoms with Crippen molar-refractivity contribution < 1.29 is 27.5 Å². The Balaban J connectivity index is 1.74. The summed E-state index contributed by atoms with van der Waals surface area (Å²) in [5, 5.41) is 2.90. The molecule has 0 fully saturated rings. The number of halogens is 2. The van der Waals surface area contributed by atoms with Crippen molar-refractivity contribution in [3.05, 3.63) is 89.9 Å². The first-order valence-corrected chi connectivity index (χ1v) is 8.76. The Kier molecular flexibility index (Phi) is 6.63. The quantitative estimate of drug-likeness (QED) is 0.553. The molecule has 150 valence electrons. The Morgan fingerprint density at radius 2 is 1.86 bits per heavy atom. The van der Waals surface area contributed by atoms with E-state index < -0.39 is 12.7 Å². The fourth-order valence-corrected chi connectivity index (χ4v) is 2.76. The van der Waals surface area contributed by atoms with E-state index in [1.807, 2.05) is 30.3 Å². The number of nitrogens with one attached hydrogen (secondary N) is 1. The number of amides is 1. The first kappa shape index (κ1) is 20.1. The van der Waals surface area contributed by atoms with Gasteiger partial charge in [-0.15, -0.1) is 0 Å². The van der Waals surface area contributed by atoms with Gasteiger partial charge < -0.3 is 19.2 Å². The molecule has 0 unspecified atom stereocenters. The highest BCUT2D eigenvalue weighted by Crippen LogP contribution is 2.30. The van der Waals surface area contributed by atoms with E-state index in [2.05, 4.69) is 10.1 Å². The maximum absolute atomic E-state index is 12.5. The van der Waals surface area contributed by atoms with Crippen molar-refractivity contribution in [2.45, 2.75) is 12.7 Å². The third-order valence-corrected chi connectivity index (χ3v) is 4.08. The zero-order chi connectivity index (χ0) is 20.6. The molecule has 0 aliphatic rings. The molecule has 0 saturated carbocycles. The summed E-state index contributed by atoms with van der Waals surface area (Å²) in [5.74, 6) is 0.326. The van der Waals surface area contributed by atoms with Crippen LogP contribution in [0.1, 0.15) is 22.9 Å². The zero-order valence-corrected chi connectivity index (χ0v) is 15.5. The average molecular weight is 399 g/mol. The van der Waals surface area contributed by atoms with E-state index in [-0.39, 0.29) is 17.4 Å². The van der Waals surface area contributed by atoms with Crippen molar-refractivity contribution in [2.75, 3.05) is 7.11 Å². The van der Waals surface area contributed by atoms with Gasteiger partial charge in [0.2, 0.25) is 5.91 Å². The maximum Gasteiger partial charge on any atom is 0.387 e. The molecule has 1 aromatic heterocycles. The first-order chi connectivity index (χ1) is 14.1. The standard InChI is InChI=1S/C22H19F2NO4/c1-27-19-14-15(9-11-17(19)29-22(23)24)10-12-20(26)25-21(18-8-5-13-28-18)16-6-3-2-4-7-16/h2-14,21-22H,1H3,(H,25,26)/b12-10+/t21-/m1/s1. The van der Waals surface area contributed by atoms with Gasteiger partial charge in [0.1, 0.15) is 11.8 Å². The highest BCUT2D eigenvalue weighted by atomic mass is 19.3. The molecule has 7 heteroatoms. The summed E-state index contributed by atoms with van der Waals surface area (Å²) < 4.78 is 39.7. The predicted molar refractivity (Wildman–Crippen MR) is 104 cm³/mol. The lowest BCUT2D eigenvalue weighted by Crippen LogP contribution is -2.27. The van der Waals surface area contributed by atoms with Crippen LogP contribution in [0.25, 0.3) is 6.08 Å². The molecule has 0 radical (unpaired) electrons. The number of ether oxygens (including phenoxy) is 2. The normalized spacial score (nSPS) is 12.1. The number of hydrogen-bond acceptors (Lipinski definition) is 4. The lowest BCUT2D eigenvalue weighted by Gasteiger charge is -2.16. The number of hydrogen-bond donors (Lipinski definition) is 1. The van der Waals surface area contributed by atoms with Crippen LogP contribution < -0.4 is 14.8 Å². The summed E-state index contributed by atoms with van der Waals surface area (Å²) in [7, 11) is 1.35. The summed E-state index contributed by atoms with van der Waals surface area (Å²) in [6.45, 7) is -2.95. The second-order valence-corrected chi connectivity index (χ2v) is 5.99. The number of furan rings is 1. The molecule has 0 saturated heterocycles. The maximum atomic E-state index is 12.5. The second kappa shape index (κ2) is 9.54. The molecule has 0 bridgehead atoms. The molecule has 0 aliphatic heterocycles. The van der Waals surface area contributed by atoms with E-state index in [1.54, 1.807) is 30.5 Å². The van der Waals surface area contributed by atoms with Crippen molar-refractivity contribution >= 4 is 12.0 Å². The molecule has 5 nitrogen and oxygen atoms in total. The van der Waals surface area contributed by atoms with Crippen LogP contribution in [0.3, 0.4) is 0 Å². The Bertz CT molecular complexity index is 956. The van der Waals surface area contributed by atoms with Crippen LogP contribution in [0, 0.1) is 0 Å². The van der Waals surface area contributed by atoms with Gasteiger partial charge in [-0.3, -0.25) is 4.79 Å². The van der Waals surface area contributed by atoms with Crippen LogP contribution in [-0.4, -0.2) is 19.6 Å². The van der Waals surface area contributed by atoms with Gasteiger partial charge in [-0.2, -0.15) is 8.78 Å². The summed E-state index contributed by atoms with van der Waals surface area (Å²) in [4.78, 5) is 12.5. The minimum absolute atomic E-state index is 0.0777. The molecule has 1 atom stereocenters. The van der Waals surface area contributed by atoms with Crippen molar-refractivity contribution in [2.24, 2.45) is 0 Å². The second-order valence-electron chi connectivity index (χ2n) is 5.99. The third kappa shape index (κ3) is 5.44. The van der Waals surface area contributed by atoms with E-state index in [4.69, 9.17) is 9.15 Å². The van der Waals surface area contributed by atoms with Gasteiger partial charge >= 0.3 is 6.61 Å². The van der Waals surface area contributed by atoms with Gasteiger partial charge in [0.25, 0.3) is 0 Å².